The molecule has 0 aromatic heterocycles. The lowest BCUT2D eigenvalue weighted by Gasteiger charge is -2.07. The van der Waals surface area contributed by atoms with Gasteiger partial charge in [-0.2, -0.15) is 0 Å². The van der Waals surface area contributed by atoms with Crippen molar-refractivity contribution in [2.45, 2.75) is 19.8 Å². The molecule has 0 bridgehead atoms. The minimum atomic E-state index is -0.553. The number of carbonyl (C=O) groups is 1. The number of phenolic OH excluding ortho intramolecular Hbond substituents is 1. The van der Waals surface area contributed by atoms with Gasteiger partial charge in [-0.25, -0.2) is 4.79 Å². The second kappa shape index (κ2) is 7.55. The fraction of sp³-hybridized carbons (Fsp3) is 0.462. The second-order valence-corrected chi connectivity index (χ2v) is 3.87. The highest BCUT2D eigenvalue weighted by atomic mass is 16.6. The Balaban J connectivity index is 2.34. The number of hydrogen-bond acceptors (Lipinski definition) is 5. The number of esters is 1. The van der Waals surface area contributed by atoms with Crippen molar-refractivity contribution < 1.29 is 19.4 Å². The Hall–Kier alpha value is -1.75. The van der Waals surface area contributed by atoms with Gasteiger partial charge in [-0.3, -0.25) is 0 Å². The first-order chi connectivity index (χ1) is 8.65. The first-order valence-corrected chi connectivity index (χ1v) is 5.98. The van der Waals surface area contributed by atoms with Gasteiger partial charge in [-0.15, -0.1) is 0 Å². The van der Waals surface area contributed by atoms with Crippen LogP contribution in [0, 0.1) is 0 Å². The Morgan fingerprint density at radius 2 is 2.11 bits per heavy atom. The molecule has 0 aliphatic heterocycles. The normalized spacial score (nSPS) is 10.3. The van der Waals surface area contributed by atoms with E-state index in [1.807, 2.05) is 0 Å². The highest BCUT2D eigenvalue weighted by Crippen LogP contribution is 2.19. The van der Waals surface area contributed by atoms with E-state index in [9.17, 15) is 9.90 Å². The minimum Gasteiger partial charge on any atom is -0.508 e. The van der Waals surface area contributed by atoms with Crippen LogP contribution < -0.4 is 5.73 Å². The summed E-state index contributed by atoms with van der Waals surface area (Å²) in [6, 6.07) is 4.17. The van der Waals surface area contributed by atoms with Crippen LogP contribution in [-0.2, 0) is 9.47 Å². The summed E-state index contributed by atoms with van der Waals surface area (Å²) >= 11 is 0. The van der Waals surface area contributed by atoms with E-state index < -0.39 is 5.97 Å². The molecule has 1 aromatic carbocycles. The maximum atomic E-state index is 11.6. The molecule has 0 aliphatic carbocycles. The molecule has 0 heterocycles. The smallest absolute Gasteiger partial charge is 0.340 e. The van der Waals surface area contributed by atoms with Gasteiger partial charge in [0, 0.05) is 12.3 Å². The Morgan fingerprint density at radius 3 is 2.83 bits per heavy atom. The lowest BCUT2D eigenvalue weighted by Crippen LogP contribution is -2.12. The summed E-state index contributed by atoms with van der Waals surface area (Å²) in [5.41, 5.74) is 6.07. The quantitative estimate of drug-likeness (QED) is 0.336. The third-order valence-electron chi connectivity index (χ3n) is 2.36. The van der Waals surface area contributed by atoms with E-state index >= 15 is 0 Å². The molecule has 0 fully saturated rings. The van der Waals surface area contributed by atoms with Crippen molar-refractivity contribution in [3.8, 4) is 5.75 Å². The summed E-state index contributed by atoms with van der Waals surface area (Å²) in [6.07, 6.45) is 2.06. The van der Waals surface area contributed by atoms with Crippen LogP contribution in [0.2, 0.25) is 0 Å². The van der Waals surface area contributed by atoms with Crippen molar-refractivity contribution >= 4 is 11.7 Å². The van der Waals surface area contributed by atoms with Gasteiger partial charge in [0.1, 0.15) is 12.4 Å². The van der Waals surface area contributed by atoms with Gasteiger partial charge < -0.3 is 20.3 Å². The van der Waals surface area contributed by atoms with Crippen molar-refractivity contribution in [2.24, 2.45) is 0 Å². The highest BCUT2D eigenvalue weighted by molar-refractivity contribution is 5.95. The van der Waals surface area contributed by atoms with Gasteiger partial charge in [0.05, 0.1) is 12.2 Å². The fourth-order valence-electron chi connectivity index (χ4n) is 1.34. The van der Waals surface area contributed by atoms with Crippen LogP contribution in [0.4, 0.5) is 5.69 Å². The Bertz CT molecular complexity index is 393. The van der Waals surface area contributed by atoms with Crippen molar-refractivity contribution in [1.82, 2.24) is 0 Å². The first kappa shape index (κ1) is 14.3. The zero-order valence-corrected chi connectivity index (χ0v) is 10.5. The van der Waals surface area contributed by atoms with Gasteiger partial charge >= 0.3 is 5.97 Å². The lowest BCUT2D eigenvalue weighted by molar-refractivity contribution is 0.0314. The number of nitrogens with two attached hydrogens (primary N) is 1. The van der Waals surface area contributed by atoms with Gasteiger partial charge in [-0.05, 0) is 24.6 Å². The molecule has 0 radical (unpaired) electrons. The van der Waals surface area contributed by atoms with Crippen LogP contribution in [0.15, 0.2) is 18.2 Å². The van der Waals surface area contributed by atoms with E-state index in [1.54, 1.807) is 0 Å². The molecule has 0 saturated carbocycles. The minimum absolute atomic E-state index is 0.0182. The fourth-order valence-corrected chi connectivity index (χ4v) is 1.34. The summed E-state index contributed by atoms with van der Waals surface area (Å²) in [7, 11) is 0. The van der Waals surface area contributed by atoms with Crippen LogP contribution in [-0.4, -0.2) is 30.9 Å². The molecule has 5 heteroatoms. The Kier molecular flexibility index (Phi) is 6.00. The van der Waals surface area contributed by atoms with Crippen LogP contribution >= 0.6 is 0 Å². The number of carbonyl (C=O) groups excluding carboxylic acids is 1. The monoisotopic (exact) mass is 253 g/mol. The number of ether oxygens (including phenoxy) is 2. The molecule has 0 atom stereocenters. The third kappa shape index (κ3) is 4.63. The molecule has 0 saturated heterocycles. The average molecular weight is 253 g/mol. The number of aromatic hydroxyl groups is 1. The molecule has 3 N–H and O–H groups in total. The number of hydrogen-bond donors (Lipinski definition) is 2. The molecule has 5 nitrogen and oxygen atoms in total. The van der Waals surface area contributed by atoms with Crippen LogP contribution in [0.25, 0.3) is 0 Å². The molecular weight excluding hydrogens is 234 g/mol. The number of rotatable bonds is 7. The number of unbranched alkanes of at least 4 members (excludes halogenated alkanes) is 1. The first-order valence-electron chi connectivity index (χ1n) is 5.98. The maximum Gasteiger partial charge on any atom is 0.340 e. The SMILES string of the molecule is CCCCOCCOC(=O)c1cc(O)ccc1N. The van der Waals surface area contributed by atoms with Gasteiger partial charge in [0.15, 0.2) is 0 Å². The van der Waals surface area contributed by atoms with Crippen molar-refractivity contribution in [2.75, 3.05) is 25.6 Å². The molecule has 18 heavy (non-hydrogen) atoms. The van der Waals surface area contributed by atoms with Crippen molar-refractivity contribution in [1.29, 1.82) is 0 Å². The standard InChI is InChI=1S/C13H19NO4/c1-2-3-6-17-7-8-18-13(16)11-9-10(15)4-5-12(11)14/h4-5,9,15H,2-3,6-8,14H2,1H3. The zero-order chi connectivity index (χ0) is 13.4. The van der Waals surface area contributed by atoms with Crippen LogP contribution in [0.3, 0.4) is 0 Å². The summed E-state index contributed by atoms with van der Waals surface area (Å²) in [5, 5.41) is 9.27. The molecule has 0 unspecified atom stereocenters. The van der Waals surface area contributed by atoms with E-state index in [-0.39, 0.29) is 23.6 Å². The van der Waals surface area contributed by atoms with Crippen molar-refractivity contribution in [3.05, 3.63) is 23.8 Å². The summed E-state index contributed by atoms with van der Waals surface area (Å²) in [4.78, 5) is 11.6. The summed E-state index contributed by atoms with van der Waals surface area (Å²) < 4.78 is 10.2. The predicted octanol–water partition coefficient (Wildman–Crippen LogP) is 1.95. The van der Waals surface area contributed by atoms with E-state index in [1.165, 1.54) is 18.2 Å². The molecular formula is C13H19NO4. The van der Waals surface area contributed by atoms with Gasteiger partial charge in [0.25, 0.3) is 0 Å². The molecule has 0 aliphatic rings. The van der Waals surface area contributed by atoms with E-state index in [0.717, 1.165) is 12.8 Å². The number of nitrogen functional groups attached to an aromatic ring is 1. The zero-order valence-electron chi connectivity index (χ0n) is 10.5. The van der Waals surface area contributed by atoms with Crippen molar-refractivity contribution in [3.63, 3.8) is 0 Å². The molecule has 0 spiro atoms. The average Bonchev–Trinajstić information content (AvgIpc) is 2.36. The second-order valence-electron chi connectivity index (χ2n) is 3.87. The topological polar surface area (TPSA) is 81.8 Å². The number of benzene rings is 1. The molecule has 100 valence electrons. The van der Waals surface area contributed by atoms with E-state index in [4.69, 9.17) is 15.2 Å². The highest BCUT2D eigenvalue weighted by Gasteiger charge is 2.11. The predicted molar refractivity (Wildman–Crippen MR) is 68.5 cm³/mol. The maximum absolute atomic E-state index is 11.6. The van der Waals surface area contributed by atoms with Gasteiger partial charge in [0.2, 0.25) is 0 Å². The van der Waals surface area contributed by atoms with Crippen LogP contribution in [0.5, 0.6) is 5.75 Å². The van der Waals surface area contributed by atoms with Gasteiger partial charge in [-0.1, -0.05) is 13.3 Å². The van der Waals surface area contributed by atoms with E-state index in [2.05, 4.69) is 6.92 Å². The number of phenols is 1. The Morgan fingerprint density at radius 1 is 1.33 bits per heavy atom. The van der Waals surface area contributed by atoms with Crippen LogP contribution in [0.1, 0.15) is 30.1 Å². The largest absolute Gasteiger partial charge is 0.508 e. The molecule has 1 aromatic rings. The Labute approximate surface area is 107 Å². The molecule has 0 amide bonds. The number of anilines is 1. The summed E-state index contributed by atoms with van der Waals surface area (Å²) in [5.74, 6) is -0.571. The van der Waals surface area contributed by atoms with E-state index in [0.29, 0.717) is 13.2 Å². The summed E-state index contributed by atoms with van der Waals surface area (Å²) in [6.45, 7) is 3.29. The lowest BCUT2D eigenvalue weighted by atomic mass is 10.2. The molecule has 1 rings (SSSR count). The third-order valence-corrected chi connectivity index (χ3v) is 2.36.